The third kappa shape index (κ3) is 4.52. The Bertz CT molecular complexity index is 633. The van der Waals surface area contributed by atoms with E-state index in [0.717, 1.165) is 12.8 Å². The standard InChI is InChI=1S/C15H18F4O6S.Na/c16-14(17,15(18,19)26(22)23)2-1-11(20)25-12-8-3-7-4-9(6-8)13(21)24-10(12)5-7;/h7-10,12H,1-6H2,(H,22,23);/q;+1/p-1. The summed E-state index contributed by atoms with van der Waals surface area (Å²) in [5, 5.41) is -5.27. The molecule has 6 nitrogen and oxygen atoms in total. The summed E-state index contributed by atoms with van der Waals surface area (Å²) in [6.07, 6.45) is -1.73. The van der Waals surface area contributed by atoms with E-state index in [4.69, 9.17) is 9.47 Å². The molecule has 27 heavy (non-hydrogen) atoms. The van der Waals surface area contributed by atoms with Crippen LogP contribution in [0, 0.1) is 17.8 Å². The van der Waals surface area contributed by atoms with E-state index in [1.807, 2.05) is 0 Å². The zero-order valence-electron chi connectivity index (χ0n) is 14.5. The summed E-state index contributed by atoms with van der Waals surface area (Å²) in [5.41, 5.74) is 0. The molecule has 2 saturated carbocycles. The molecule has 0 amide bonds. The summed E-state index contributed by atoms with van der Waals surface area (Å²) in [7, 11) is 0. The molecule has 4 bridgehead atoms. The molecule has 4 aliphatic rings. The van der Waals surface area contributed by atoms with E-state index in [1.54, 1.807) is 0 Å². The van der Waals surface area contributed by atoms with Gasteiger partial charge >= 0.3 is 52.7 Å². The van der Waals surface area contributed by atoms with Crippen LogP contribution in [0.4, 0.5) is 17.6 Å². The van der Waals surface area contributed by atoms with Gasteiger partial charge in [-0.05, 0) is 31.6 Å². The quantitative estimate of drug-likeness (QED) is 0.239. The summed E-state index contributed by atoms with van der Waals surface area (Å²) in [6.45, 7) is 0. The van der Waals surface area contributed by atoms with E-state index in [0.29, 0.717) is 12.8 Å². The molecule has 0 N–H and O–H groups in total. The molecule has 0 aromatic heterocycles. The minimum Gasteiger partial charge on any atom is -0.768 e. The van der Waals surface area contributed by atoms with Crippen LogP contribution in [0.15, 0.2) is 0 Å². The first-order valence-electron chi connectivity index (χ1n) is 8.26. The Morgan fingerprint density at radius 3 is 2.52 bits per heavy atom. The van der Waals surface area contributed by atoms with Gasteiger partial charge in [-0.2, -0.15) is 17.6 Å². The summed E-state index contributed by atoms with van der Waals surface area (Å²) in [4.78, 5) is 23.8. The maximum Gasteiger partial charge on any atom is 1.00 e. The van der Waals surface area contributed by atoms with Crippen molar-refractivity contribution in [2.24, 2.45) is 17.8 Å². The zero-order chi connectivity index (χ0) is 19.3. The van der Waals surface area contributed by atoms with Crippen molar-refractivity contribution in [3.63, 3.8) is 0 Å². The zero-order valence-corrected chi connectivity index (χ0v) is 17.3. The van der Waals surface area contributed by atoms with Crippen molar-refractivity contribution in [2.45, 2.75) is 61.9 Å². The van der Waals surface area contributed by atoms with Gasteiger partial charge in [-0.25, -0.2) is 0 Å². The van der Waals surface area contributed by atoms with Gasteiger partial charge in [0, 0.05) is 23.4 Å². The average Bonchev–Trinajstić information content (AvgIpc) is 2.70. The molecule has 2 heterocycles. The van der Waals surface area contributed by atoms with Gasteiger partial charge in [0.1, 0.15) is 12.2 Å². The van der Waals surface area contributed by atoms with Crippen LogP contribution in [0.2, 0.25) is 0 Å². The second kappa shape index (κ2) is 8.25. The largest absolute Gasteiger partial charge is 1.00 e. The Balaban J connectivity index is 0.00000261. The molecule has 2 aliphatic carbocycles. The summed E-state index contributed by atoms with van der Waals surface area (Å²) >= 11 is -4.32. The molecule has 0 aromatic carbocycles. The SMILES string of the molecule is O=C(CCC(F)(F)C(F)(F)S(=O)[O-])OC1C2CC3CC(C2)C(=O)OC1C3.[Na+]. The molecule has 148 valence electrons. The van der Waals surface area contributed by atoms with Crippen molar-refractivity contribution in [3.05, 3.63) is 0 Å². The maximum atomic E-state index is 13.4. The molecule has 4 rings (SSSR count). The predicted octanol–water partition coefficient (Wildman–Crippen LogP) is -0.849. The fourth-order valence-corrected chi connectivity index (χ4v) is 4.52. The third-order valence-electron chi connectivity index (χ3n) is 5.38. The van der Waals surface area contributed by atoms with Crippen LogP contribution >= 0.6 is 0 Å². The van der Waals surface area contributed by atoms with E-state index in [9.17, 15) is 35.9 Å². The predicted molar refractivity (Wildman–Crippen MR) is 76.7 cm³/mol. The van der Waals surface area contributed by atoms with E-state index in [2.05, 4.69) is 0 Å². The molecule has 4 fully saturated rings. The molecule has 0 spiro atoms. The van der Waals surface area contributed by atoms with Gasteiger partial charge in [0.15, 0.2) is 0 Å². The Hall–Kier alpha value is -0.230. The maximum absolute atomic E-state index is 13.4. The van der Waals surface area contributed by atoms with Gasteiger partial charge in [-0.15, -0.1) is 0 Å². The molecule has 12 heteroatoms. The van der Waals surface area contributed by atoms with Crippen LogP contribution in [0.25, 0.3) is 0 Å². The molecular weight excluding hydrogens is 407 g/mol. The fourth-order valence-electron chi connectivity index (χ4n) is 4.17. The number of rotatable bonds is 6. The number of ether oxygens (including phenoxy) is 2. The van der Waals surface area contributed by atoms with E-state index in [-0.39, 0.29) is 53.3 Å². The summed E-state index contributed by atoms with van der Waals surface area (Å²) in [6, 6.07) is 0. The van der Waals surface area contributed by atoms with Gasteiger partial charge in [0.05, 0.1) is 12.3 Å². The molecule has 6 unspecified atom stereocenters. The van der Waals surface area contributed by atoms with Crippen LogP contribution < -0.4 is 29.6 Å². The number of esters is 2. The molecular formula is C15H17F4NaO6S. The Labute approximate surface area is 177 Å². The Morgan fingerprint density at radius 1 is 1.22 bits per heavy atom. The molecule has 2 aliphatic heterocycles. The number of carbonyl (C=O) groups excluding carboxylic acids is 2. The number of fused-ring (bicyclic) bond motifs is 1. The van der Waals surface area contributed by atoms with Crippen LogP contribution in [0.5, 0.6) is 0 Å². The van der Waals surface area contributed by atoms with Gasteiger partial charge in [0.25, 0.3) is 0 Å². The second-order valence-electron chi connectivity index (χ2n) is 7.15. The number of hydrogen-bond donors (Lipinski definition) is 0. The van der Waals surface area contributed by atoms with E-state index in [1.165, 1.54) is 0 Å². The van der Waals surface area contributed by atoms with Crippen molar-refractivity contribution in [2.75, 3.05) is 0 Å². The van der Waals surface area contributed by atoms with Crippen molar-refractivity contribution < 1.29 is 74.9 Å². The van der Waals surface area contributed by atoms with Crippen LogP contribution in [0.3, 0.4) is 0 Å². The Kier molecular flexibility index (Phi) is 7.05. The first kappa shape index (κ1) is 23.1. The van der Waals surface area contributed by atoms with Gasteiger partial charge in [0.2, 0.25) is 0 Å². The topological polar surface area (TPSA) is 92.7 Å². The monoisotopic (exact) mass is 424 g/mol. The number of alkyl halides is 4. The minimum absolute atomic E-state index is 0. The average molecular weight is 424 g/mol. The Morgan fingerprint density at radius 2 is 1.89 bits per heavy atom. The normalized spacial score (nSPS) is 33.7. The van der Waals surface area contributed by atoms with Gasteiger partial charge < -0.3 is 14.0 Å². The molecule has 2 saturated heterocycles. The first-order chi connectivity index (χ1) is 12.0. The van der Waals surface area contributed by atoms with Crippen molar-refractivity contribution >= 4 is 23.0 Å². The van der Waals surface area contributed by atoms with Crippen LogP contribution in [-0.2, 0) is 30.1 Å². The van der Waals surface area contributed by atoms with Gasteiger partial charge in [-0.3, -0.25) is 13.8 Å². The van der Waals surface area contributed by atoms with E-state index >= 15 is 0 Å². The number of carbonyl (C=O) groups is 2. The first-order valence-corrected chi connectivity index (χ1v) is 9.33. The van der Waals surface area contributed by atoms with Crippen molar-refractivity contribution in [3.8, 4) is 0 Å². The van der Waals surface area contributed by atoms with Crippen molar-refractivity contribution in [1.82, 2.24) is 0 Å². The fraction of sp³-hybridized carbons (Fsp3) is 0.867. The summed E-state index contributed by atoms with van der Waals surface area (Å²) in [5.74, 6) is -6.52. The molecule has 6 atom stereocenters. The number of halogens is 4. The van der Waals surface area contributed by atoms with Crippen LogP contribution in [-0.4, -0.2) is 44.1 Å². The molecule has 0 aromatic rings. The van der Waals surface area contributed by atoms with E-state index < -0.39 is 53.3 Å². The third-order valence-corrected chi connectivity index (χ3v) is 6.10. The minimum atomic E-state index is -5.27. The van der Waals surface area contributed by atoms with Crippen LogP contribution in [0.1, 0.15) is 38.5 Å². The smallest absolute Gasteiger partial charge is 0.768 e. The molecule has 0 radical (unpaired) electrons. The second-order valence-corrected chi connectivity index (χ2v) is 8.13. The summed E-state index contributed by atoms with van der Waals surface area (Å²) < 4.78 is 83.8. The van der Waals surface area contributed by atoms with Crippen molar-refractivity contribution in [1.29, 1.82) is 0 Å². The number of hydrogen-bond acceptors (Lipinski definition) is 6. The van der Waals surface area contributed by atoms with Gasteiger partial charge in [-0.1, -0.05) is 0 Å².